The third-order valence-electron chi connectivity index (χ3n) is 1.73. The minimum absolute atomic E-state index is 0.110. The van der Waals surface area contributed by atoms with Gasteiger partial charge in [-0.3, -0.25) is 4.79 Å². The van der Waals surface area contributed by atoms with Crippen molar-refractivity contribution in [2.24, 2.45) is 5.14 Å². The molecule has 0 spiro atoms. The van der Waals surface area contributed by atoms with Crippen molar-refractivity contribution in [1.82, 2.24) is 10.6 Å². The average Bonchev–Trinajstić information content (AvgIpc) is 2.09. The maximum Gasteiger partial charge on any atom is 0.236 e. The molecule has 1 amide bonds. The first-order valence-electron chi connectivity index (χ1n) is 4.32. The molecular weight excluding hydrogens is 206 g/mol. The van der Waals surface area contributed by atoms with Crippen LogP contribution in [0.3, 0.4) is 0 Å². The number of rotatable bonds is 6. The fraction of sp³-hybridized carbons (Fsp3) is 0.857. The molecule has 1 atom stereocenters. The lowest BCUT2D eigenvalue weighted by Gasteiger charge is -2.10. The maximum atomic E-state index is 11.1. The van der Waals surface area contributed by atoms with Crippen molar-refractivity contribution in [1.29, 1.82) is 0 Å². The lowest BCUT2D eigenvalue weighted by molar-refractivity contribution is -0.122. The number of nitrogens with two attached hydrogens (primary N) is 1. The molecule has 0 aliphatic heterocycles. The van der Waals surface area contributed by atoms with Gasteiger partial charge in [0.05, 0.1) is 11.8 Å². The lowest BCUT2D eigenvalue weighted by atomic mass is 10.3. The van der Waals surface area contributed by atoms with Gasteiger partial charge in [0.2, 0.25) is 15.9 Å². The Bertz CT molecular complexity index is 276. The zero-order valence-electron chi connectivity index (χ0n) is 8.41. The van der Waals surface area contributed by atoms with Gasteiger partial charge >= 0.3 is 0 Å². The molecule has 7 heteroatoms. The van der Waals surface area contributed by atoms with E-state index in [2.05, 4.69) is 10.6 Å². The lowest BCUT2D eigenvalue weighted by Crippen LogP contribution is -2.41. The molecule has 1 unspecified atom stereocenters. The molecule has 84 valence electrons. The molecule has 0 fully saturated rings. The van der Waals surface area contributed by atoms with E-state index in [1.54, 1.807) is 14.0 Å². The minimum Gasteiger partial charge on any atom is -0.355 e. The van der Waals surface area contributed by atoms with Crippen LogP contribution in [0.25, 0.3) is 0 Å². The highest BCUT2D eigenvalue weighted by atomic mass is 32.2. The Morgan fingerprint density at radius 3 is 2.50 bits per heavy atom. The second-order valence-corrected chi connectivity index (χ2v) is 4.76. The predicted molar refractivity (Wildman–Crippen MR) is 54.1 cm³/mol. The molecule has 0 aliphatic rings. The Labute approximate surface area is 84.3 Å². The summed E-state index contributed by atoms with van der Waals surface area (Å²) in [6.07, 6.45) is 0.334. The number of nitrogens with one attached hydrogen (secondary N) is 2. The predicted octanol–water partition coefficient (Wildman–Crippen LogP) is -1.61. The summed E-state index contributed by atoms with van der Waals surface area (Å²) in [5.41, 5.74) is 0. The second kappa shape index (κ2) is 5.94. The van der Waals surface area contributed by atoms with E-state index in [0.717, 1.165) is 0 Å². The summed E-state index contributed by atoms with van der Waals surface area (Å²) in [6.45, 7) is 2.04. The van der Waals surface area contributed by atoms with Crippen molar-refractivity contribution in [3.63, 3.8) is 0 Å². The molecule has 0 aromatic heterocycles. The van der Waals surface area contributed by atoms with E-state index in [9.17, 15) is 13.2 Å². The summed E-state index contributed by atoms with van der Waals surface area (Å²) in [5.74, 6) is -0.261. The molecule has 0 aromatic carbocycles. The van der Waals surface area contributed by atoms with Crippen LogP contribution in [0.2, 0.25) is 0 Å². The number of carbonyl (C=O) groups is 1. The maximum absolute atomic E-state index is 11.1. The van der Waals surface area contributed by atoms with Gasteiger partial charge in [-0.05, 0) is 20.4 Å². The van der Waals surface area contributed by atoms with Crippen LogP contribution in [0.5, 0.6) is 0 Å². The van der Waals surface area contributed by atoms with Crippen LogP contribution in [-0.4, -0.2) is 39.7 Å². The molecule has 0 saturated carbocycles. The smallest absolute Gasteiger partial charge is 0.236 e. The highest BCUT2D eigenvalue weighted by Gasteiger charge is 2.09. The van der Waals surface area contributed by atoms with Crippen LogP contribution in [0.4, 0.5) is 0 Å². The number of primary sulfonamides is 1. The number of hydrogen-bond donors (Lipinski definition) is 3. The van der Waals surface area contributed by atoms with Crippen LogP contribution >= 0.6 is 0 Å². The molecule has 0 bridgehead atoms. The third-order valence-corrected chi connectivity index (χ3v) is 2.59. The Morgan fingerprint density at radius 2 is 2.07 bits per heavy atom. The van der Waals surface area contributed by atoms with Crippen molar-refractivity contribution in [2.45, 2.75) is 19.4 Å². The molecular formula is C7H17N3O3S. The number of likely N-dealkylation sites (N-methyl/N-ethyl adjacent to an activating group) is 1. The largest absolute Gasteiger partial charge is 0.355 e. The SMILES string of the molecule is CNC(C)C(=O)NCCCS(N)(=O)=O. The van der Waals surface area contributed by atoms with E-state index in [1.165, 1.54) is 0 Å². The van der Waals surface area contributed by atoms with E-state index in [1.807, 2.05) is 0 Å². The second-order valence-electron chi connectivity index (χ2n) is 3.02. The van der Waals surface area contributed by atoms with E-state index in [-0.39, 0.29) is 17.7 Å². The first kappa shape index (κ1) is 13.3. The first-order valence-corrected chi connectivity index (χ1v) is 6.04. The average molecular weight is 223 g/mol. The van der Waals surface area contributed by atoms with Crippen LogP contribution < -0.4 is 15.8 Å². The molecule has 6 nitrogen and oxygen atoms in total. The van der Waals surface area contributed by atoms with Gasteiger partial charge in [0.1, 0.15) is 0 Å². The molecule has 0 heterocycles. The number of sulfonamides is 1. The van der Waals surface area contributed by atoms with E-state index < -0.39 is 10.0 Å². The van der Waals surface area contributed by atoms with Gasteiger partial charge in [-0.15, -0.1) is 0 Å². The Kier molecular flexibility index (Phi) is 5.66. The van der Waals surface area contributed by atoms with Crippen LogP contribution in [0.1, 0.15) is 13.3 Å². The molecule has 0 aromatic rings. The number of carbonyl (C=O) groups excluding carboxylic acids is 1. The van der Waals surface area contributed by atoms with Gasteiger partial charge in [-0.1, -0.05) is 0 Å². The van der Waals surface area contributed by atoms with Gasteiger partial charge in [-0.2, -0.15) is 0 Å². The van der Waals surface area contributed by atoms with Crippen LogP contribution in [-0.2, 0) is 14.8 Å². The molecule has 0 saturated heterocycles. The summed E-state index contributed by atoms with van der Waals surface area (Å²) in [4.78, 5) is 11.1. The zero-order valence-corrected chi connectivity index (χ0v) is 9.23. The topological polar surface area (TPSA) is 101 Å². The van der Waals surface area contributed by atoms with Crippen molar-refractivity contribution in [3.8, 4) is 0 Å². The fourth-order valence-electron chi connectivity index (χ4n) is 0.769. The van der Waals surface area contributed by atoms with Gasteiger partial charge in [0, 0.05) is 6.54 Å². The van der Waals surface area contributed by atoms with E-state index in [4.69, 9.17) is 5.14 Å². The molecule has 0 radical (unpaired) electrons. The molecule has 0 aliphatic carbocycles. The third kappa shape index (κ3) is 6.81. The van der Waals surface area contributed by atoms with Crippen molar-refractivity contribution in [3.05, 3.63) is 0 Å². The Morgan fingerprint density at radius 1 is 1.50 bits per heavy atom. The fourth-order valence-corrected chi connectivity index (χ4v) is 1.32. The summed E-state index contributed by atoms with van der Waals surface area (Å²) in [6, 6.07) is -0.274. The van der Waals surface area contributed by atoms with Crippen molar-refractivity contribution >= 4 is 15.9 Å². The monoisotopic (exact) mass is 223 g/mol. The number of hydrogen-bond acceptors (Lipinski definition) is 4. The zero-order chi connectivity index (χ0) is 11.2. The Balaban J connectivity index is 3.61. The Hall–Kier alpha value is -0.660. The van der Waals surface area contributed by atoms with Gasteiger partial charge in [0.25, 0.3) is 0 Å². The van der Waals surface area contributed by atoms with E-state index >= 15 is 0 Å². The van der Waals surface area contributed by atoms with Crippen LogP contribution in [0.15, 0.2) is 0 Å². The van der Waals surface area contributed by atoms with Crippen LogP contribution in [0, 0.1) is 0 Å². The van der Waals surface area contributed by atoms with E-state index in [0.29, 0.717) is 13.0 Å². The first-order chi connectivity index (χ1) is 6.37. The van der Waals surface area contributed by atoms with Crippen molar-refractivity contribution in [2.75, 3.05) is 19.3 Å². The number of amides is 1. The molecule has 0 rings (SSSR count). The van der Waals surface area contributed by atoms with Crippen molar-refractivity contribution < 1.29 is 13.2 Å². The molecule has 14 heavy (non-hydrogen) atoms. The molecule has 4 N–H and O–H groups in total. The minimum atomic E-state index is -3.41. The standard InChI is InChI=1S/C7H17N3O3S/c1-6(9-2)7(11)10-4-3-5-14(8,12)13/h6,9H,3-5H2,1-2H3,(H,10,11)(H2,8,12,13). The van der Waals surface area contributed by atoms with Gasteiger partial charge < -0.3 is 10.6 Å². The summed E-state index contributed by atoms with van der Waals surface area (Å²) >= 11 is 0. The highest BCUT2D eigenvalue weighted by Crippen LogP contribution is 1.85. The van der Waals surface area contributed by atoms with Gasteiger partial charge in [0.15, 0.2) is 0 Å². The summed E-state index contributed by atoms with van der Waals surface area (Å²) in [5, 5.41) is 10.1. The normalized spacial score (nSPS) is 13.6. The highest BCUT2D eigenvalue weighted by molar-refractivity contribution is 7.89. The summed E-state index contributed by atoms with van der Waals surface area (Å²) < 4.78 is 21.0. The van der Waals surface area contributed by atoms with Gasteiger partial charge in [-0.25, -0.2) is 13.6 Å². The summed E-state index contributed by atoms with van der Waals surface area (Å²) in [7, 11) is -1.74. The quantitative estimate of drug-likeness (QED) is 0.471.